The molecule has 0 atom stereocenters. The Balaban J connectivity index is 1.60. The molecule has 1 heterocycles. The minimum Gasteiger partial charge on any atom is -0.370 e. The van der Waals surface area contributed by atoms with Crippen LogP contribution in [0.15, 0.2) is 24.3 Å². The smallest absolute Gasteiger partial charge is 0.0366 e. The second-order valence-electron chi connectivity index (χ2n) is 6.47. The van der Waals surface area contributed by atoms with Gasteiger partial charge in [0.1, 0.15) is 0 Å². The van der Waals surface area contributed by atoms with Crippen molar-refractivity contribution < 1.29 is 0 Å². The molecular weight excluding hydrogens is 232 g/mol. The van der Waals surface area contributed by atoms with Gasteiger partial charge in [-0.2, -0.15) is 0 Å². The van der Waals surface area contributed by atoms with Crippen LogP contribution in [-0.4, -0.2) is 20.1 Å². The fourth-order valence-corrected chi connectivity index (χ4v) is 3.77. The zero-order valence-corrected chi connectivity index (χ0v) is 12.1. The van der Waals surface area contributed by atoms with Crippen LogP contribution in [0.4, 0.5) is 5.69 Å². The molecule has 3 rings (SSSR count). The second-order valence-corrected chi connectivity index (χ2v) is 6.47. The molecule has 1 N–H and O–H groups in total. The van der Waals surface area contributed by atoms with Crippen molar-refractivity contribution in [3.05, 3.63) is 29.8 Å². The van der Waals surface area contributed by atoms with Crippen LogP contribution in [0.25, 0.3) is 0 Å². The van der Waals surface area contributed by atoms with E-state index < -0.39 is 0 Å². The zero-order valence-electron chi connectivity index (χ0n) is 12.1. The van der Waals surface area contributed by atoms with E-state index in [2.05, 4.69) is 34.5 Å². The van der Waals surface area contributed by atoms with Gasteiger partial charge in [0.05, 0.1) is 0 Å². The predicted molar refractivity (Wildman–Crippen MR) is 81.6 cm³/mol. The summed E-state index contributed by atoms with van der Waals surface area (Å²) in [5, 5.41) is 3.20. The van der Waals surface area contributed by atoms with Crippen molar-refractivity contribution in [3.8, 4) is 0 Å². The van der Waals surface area contributed by atoms with Gasteiger partial charge in [-0.3, -0.25) is 0 Å². The van der Waals surface area contributed by atoms with Gasteiger partial charge in [-0.05, 0) is 37.6 Å². The highest BCUT2D eigenvalue weighted by molar-refractivity contribution is 5.51. The Kier molecular flexibility index (Phi) is 3.79. The molecule has 104 valence electrons. The maximum atomic E-state index is 3.20. The molecule has 0 aromatic heterocycles. The summed E-state index contributed by atoms with van der Waals surface area (Å²) >= 11 is 0. The molecule has 0 unspecified atom stereocenters. The largest absolute Gasteiger partial charge is 0.370 e. The first-order valence-electron chi connectivity index (χ1n) is 7.80. The van der Waals surface area contributed by atoms with Gasteiger partial charge < -0.3 is 10.2 Å². The Bertz CT molecular complexity index is 394. The maximum absolute atomic E-state index is 3.20. The molecule has 0 bridgehead atoms. The highest BCUT2D eigenvalue weighted by atomic mass is 15.2. The monoisotopic (exact) mass is 258 g/mol. The van der Waals surface area contributed by atoms with Crippen LogP contribution in [0.5, 0.6) is 0 Å². The molecule has 1 saturated carbocycles. The maximum Gasteiger partial charge on any atom is 0.0366 e. The van der Waals surface area contributed by atoms with Crippen LogP contribution < -0.4 is 10.2 Å². The Hall–Kier alpha value is -1.02. The fourth-order valence-electron chi connectivity index (χ4n) is 3.77. The summed E-state index contributed by atoms with van der Waals surface area (Å²) in [6.07, 6.45) is 8.74. The average molecular weight is 258 g/mol. The summed E-state index contributed by atoms with van der Waals surface area (Å²) in [6, 6.07) is 9.08. The van der Waals surface area contributed by atoms with E-state index in [1.54, 1.807) is 0 Å². The lowest BCUT2D eigenvalue weighted by atomic mass is 9.73. The standard InChI is InChI=1S/C17H26N2/c1-18-12-15-6-8-16(9-7-15)19-13-17(14-19)10-4-2-3-5-11-17/h6-9,18H,2-5,10-14H2,1H3. The number of hydrogen-bond donors (Lipinski definition) is 1. The summed E-state index contributed by atoms with van der Waals surface area (Å²) in [6.45, 7) is 3.54. The lowest BCUT2D eigenvalue weighted by molar-refractivity contribution is 0.180. The van der Waals surface area contributed by atoms with Gasteiger partial charge in [0.15, 0.2) is 0 Å². The summed E-state index contributed by atoms with van der Waals surface area (Å²) in [5.74, 6) is 0. The van der Waals surface area contributed by atoms with Gasteiger partial charge in [0.25, 0.3) is 0 Å². The number of nitrogens with zero attached hydrogens (tertiary/aromatic N) is 1. The molecule has 0 radical (unpaired) electrons. The van der Waals surface area contributed by atoms with Crippen LogP contribution in [0.3, 0.4) is 0 Å². The van der Waals surface area contributed by atoms with Crippen molar-refractivity contribution in [1.29, 1.82) is 0 Å². The third kappa shape index (κ3) is 2.79. The Morgan fingerprint density at radius 3 is 2.21 bits per heavy atom. The van der Waals surface area contributed by atoms with Crippen molar-refractivity contribution in [2.75, 3.05) is 25.0 Å². The van der Waals surface area contributed by atoms with Gasteiger partial charge in [0.2, 0.25) is 0 Å². The van der Waals surface area contributed by atoms with Crippen molar-refractivity contribution in [3.63, 3.8) is 0 Å². The van der Waals surface area contributed by atoms with Crippen molar-refractivity contribution in [2.45, 2.75) is 45.1 Å². The quantitative estimate of drug-likeness (QED) is 0.891. The highest BCUT2D eigenvalue weighted by Gasteiger charge is 2.42. The van der Waals surface area contributed by atoms with Gasteiger partial charge >= 0.3 is 0 Å². The van der Waals surface area contributed by atoms with Crippen LogP contribution in [0.1, 0.15) is 44.1 Å². The molecule has 1 saturated heterocycles. The summed E-state index contributed by atoms with van der Waals surface area (Å²) in [4.78, 5) is 2.56. The van der Waals surface area contributed by atoms with Crippen LogP contribution in [0.2, 0.25) is 0 Å². The van der Waals surface area contributed by atoms with Gasteiger partial charge in [-0.1, -0.05) is 37.8 Å². The summed E-state index contributed by atoms with van der Waals surface area (Å²) in [5.41, 5.74) is 3.45. The third-order valence-corrected chi connectivity index (χ3v) is 4.90. The van der Waals surface area contributed by atoms with Crippen molar-refractivity contribution in [2.24, 2.45) is 5.41 Å². The van der Waals surface area contributed by atoms with E-state index in [1.807, 2.05) is 7.05 Å². The van der Waals surface area contributed by atoms with Crippen molar-refractivity contribution >= 4 is 5.69 Å². The number of anilines is 1. The molecule has 1 aromatic carbocycles. The Morgan fingerprint density at radius 2 is 1.63 bits per heavy atom. The molecule has 19 heavy (non-hydrogen) atoms. The highest BCUT2D eigenvalue weighted by Crippen LogP contribution is 2.44. The lowest BCUT2D eigenvalue weighted by Gasteiger charge is -2.51. The molecule has 2 heteroatoms. The third-order valence-electron chi connectivity index (χ3n) is 4.90. The molecule has 1 aliphatic carbocycles. The average Bonchev–Trinajstić information content (AvgIpc) is 2.64. The molecule has 0 amide bonds. The zero-order chi connectivity index (χ0) is 13.1. The first kappa shape index (κ1) is 13.0. The van der Waals surface area contributed by atoms with E-state index in [0.29, 0.717) is 5.41 Å². The van der Waals surface area contributed by atoms with Gasteiger partial charge in [-0.25, -0.2) is 0 Å². The fraction of sp³-hybridized carbons (Fsp3) is 0.647. The van der Waals surface area contributed by atoms with E-state index in [-0.39, 0.29) is 0 Å². The van der Waals surface area contributed by atoms with Crippen LogP contribution >= 0.6 is 0 Å². The van der Waals surface area contributed by atoms with Gasteiger partial charge in [-0.15, -0.1) is 0 Å². The second kappa shape index (κ2) is 5.54. The van der Waals surface area contributed by atoms with Gasteiger partial charge in [0, 0.05) is 30.7 Å². The van der Waals surface area contributed by atoms with E-state index in [4.69, 9.17) is 0 Å². The van der Waals surface area contributed by atoms with E-state index in [0.717, 1.165) is 6.54 Å². The molecule has 2 fully saturated rings. The predicted octanol–water partition coefficient (Wildman–Crippen LogP) is 3.57. The Morgan fingerprint density at radius 1 is 1.00 bits per heavy atom. The molecule has 1 aromatic rings. The first-order chi connectivity index (χ1) is 9.31. The SMILES string of the molecule is CNCc1ccc(N2CC3(CCCCCC3)C2)cc1. The molecule has 1 aliphatic heterocycles. The minimum atomic E-state index is 0.667. The lowest BCUT2D eigenvalue weighted by Crippen LogP contribution is -2.56. The van der Waals surface area contributed by atoms with E-state index in [9.17, 15) is 0 Å². The molecule has 2 nitrogen and oxygen atoms in total. The minimum absolute atomic E-state index is 0.667. The number of benzene rings is 1. The molecule has 2 aliphatic rings. The Labute approximate surface area is 117 Å². The normalized spacial score (nSPS) is 22.1. The van der Waals surface area contributed by atoms with Crippen molar-refractivity contribution in [1.82, 2.24) is 5.32 Å². The van der Waals surface area contributed by atoms with E-state index >= 15 is 0 Å². The first-order valence-corrected chi connectivity index (χ1v) is 7.80. The molecule has 1 spiro atoms. The topological polar surface area (TPSA) is 15.3 Å². The van der Waals surface area contributed by atoms with Crippen LogP contribution in [0, 0.1) is 5.41 Å². The summed E-state index contributed by atoms with van der Waals surface area (Å²) < 4.78 is 0. The number of nitrogens with one attached hydrogen (secondary N) is 1. The number of rotatable bonds is 3. The molecular formula is C17H26N2. The summed E-state index contributed by atoms with van der Waals surface area (Å²) in [7, 11) is 2.00. The van der Waals surface area contributed by atoms with E-state index in [1.165, 1.54) is 62.9 Å². The van der Waals surface area contributed by atoms with Crippen LogP contribution in [-0.2, 0) is 6.54 Å². The number of hydrogen-bond acceptors (Lipinski definition) is 2.